The maximum atomic E-state index is 12.6. The first-order valence-electron chi connectivity index (χ1n) is 8.47. The minimum Gasteiger partial charge on any atom is -0.341 e. The molecule has 0 saturated heterocycles. The molecule has 5 nitrogen and oxygen atoms in total. The van der Waals surface area contributed by atoms with Crippen molar-refractivity contribution in [2.75, 3.05) is 20.1 Å². The van der Waals surface area contributed by atoms with Gasteiger partial charge in [0.1, 0.15) is 0 Å². The van der Waals surface area contributed by atoms with Crippen LogP contribution in [0.5, 0.6) is 0 Å². The lowest BCUT2D eigenvalue weighted by molar-refractivity contribution is 0.0740. The molecule has 0 unspecified atom stereocenters. The summed E-state index contributed by atoms with van der Waals surface area (Å²) in [5.41, 5.74) is 6.06. The lowest BCUT2D eigenvalue weighted by Crippen LogP contribution is -2.39. The van der Waals surface area contributed by atoms with E-state index in [9.17, 15) is 13.2 Å². The fraction of sp³-hybridized carbons (Fsp3) is 0.611. The predicted molar refractivity (Wildman–Crippen MR) is 95.7 cm³/mol. The minimum atomic E-state index is -3.28. The molecule has 0 bridgehead atoms. The summed E-state index contributed by atoms with van der Waals surface area (Å²) in [7, 11) is -1.54. The Balaban J connectivity index is 2.12. The smallest absolute Gasteiger partial charge is 0.253 e. The second-order valence-electron chi connectivity index (χ2n) is 7.51. The van der Waals surface area contributed by atoms with Gasteiger partial charge in [0, 0.05) is 19.2 Å². The SMILES string of the molecule is CN(CC(C)(C)CN)C(=O)c1ccc(S(=O)(=O)C2CCCC2)cc1. The topological polar surface area (TPSA) is 80.5 Å². The van der Waals surface area contributed by atoms with Crippen molar-refractivity contribution in [2.45, 2.75) is 49.7 Å². The highest BCUT2D eigenvalue weighted by molar-refractivity contribution is 7.92. The highest BCUT2D eigenvalue weighted by Crippen LogP contribution is 2.29. The summed E-state index contributed by atoms with van der Waals surface area (Å²) >= 11 is 0. The molecule has 0 radical (unpaired) electrons. The van der Waals surface area contributed by atoms with Crippen LogP contribution in [0.3, 0.4) is 0 Å². The zero-order chi connectivity index (χ0) is 18.0. The first kappa shape index (κ1) is 18.9. The summed E-state index contributed by atoms with van der Waals surface area (Å²) < 4.78 is 25.1. The number of hydrogen-bond acceptors (Lipinski definition) is 4. The van der Waals surface area contributed by atoms with Crippen molar-refractivity contribution in [3.8, 4) is 0 Å². The van der Waals surface area contributed by atoms with Gasteiger partial charge in [-0.15, -0.1) is 0 Å². The van der Waals surface area contributed by atoms with E-state index in [2.05, 4.69) is 0 Å². The van der Waals surface area contributed by atoms with Crippen LogP contribution in [-0.2, 0) is 9.84 Å². The molecule has 1 saturated carbocycles. The van der Waals surface area contributed by atoms with E-state index in [1.807, 2.05) is 13.8 Å². The monoisotopic (exact) mass is 352 g/mol. The number of sulfone groups is 1. The third-order valence-corrected chi connectivity index (χ3v) is 7.01. The lowest BCUT2D eigenvalue weighted by Gasteiger charge is -2.29. The molecule has 1 aliphatic carbocycles. The molecule has 1 fully saturated rings. The molecular weight excluding hydrogens is 324 g/mol. The molecule has 2 rings (SSSR count). The number of carbonyl (C=O) groups is 1. The molecule has 2 N–H and O–H groups in total. The average molecular weight is 353 g/mol. The fourth-order valence-electron chi connectivity index (χ4n) is 3.18. The van der Waals surface area contributed by atoms with Crippen LogP contribution in [0.25, 0.3) is 0 Å². The number of amides is 1. The highest BCUT2D eigenvalue weighted by atomic mass is 32.2. The van der Waals surface area contributed by atoms with Gasteiger partial charge in [-0.25, -0.2) is 8.42 Å². The van der Waals surface area contributed by atoms with Crippen molar-refractivity contribution in [3.05, 3.63) is 29.8 Å². The lowest BCUT2D eigenvalue weighted by atomic mass is 9.93. The second kappa shape index (κ2) is 7.23. The van der Waals surface area contributed by atoms with Crippen molar-refractivity contribution < 1.29 is 13.2 Å². The maximum Gasteiger partial charge on any atom is 0.253 e. The molecule has 24 heavy (non-hydrogen) atoms. The van der Waals surface area contributed by atoms with Crippen LogP contribution < -0.4 is 5.73 Å². The Hall–Kier alpha value is -1.40. The van der Waals surface area contributed by atoms with Crippen molar-refractivity contribution in [1.82, 2.24) is 4.90 Å². The molecule has 0 aliphatic heterocycles. The Morgan fingerprint density at radius 2 is 1.75 bits per heavy atom. The van der Waals surface area contributed by atoms with Crippen LogP contribution in [0.4, 0.5) is 0 Å². The van der Waals surface area contributed by atoms with Gasteiger partial charge in [-0.05, 0) is 49.1 Å². The Morgan fingerprint density at radius 3 is 2.25 bits per heavy atom. The van der Waals surface area contributed by atoms with E-state index in [0.717, 1.165) is 25.7 Å². The number of hydrogen-bond donors (Lipinski definition) is 1. The molecular formula is C18H28N2O3S. The van der Waals surface area contributed by atoms with Crippen LogP contribution in [0, 0.1) is 5.41 Å². The zero-order valence-corrected chi connectivity index (χ0v) is 15.6. The zero-order valence-electron chi connectivity index (χ0n) is 14.8. The first-order valence-corrected chi connectivity index (χ1v) is 10.0. The summed E-state index contributed by atoms with van der Waals surface area (Å²) in [6.07, 6.45) is 3.42. The Bertz CT molecular complexity index is 675. The summed E-state index contributed by atoms with van der Waals surface area (Å²) in [6.45, 7) is 5.05. The van der Waals surface area contributed by atoms with Crippen LogP contribution in [-0.4, -0.2) is 44.6 Å². The van der Waals surface area contributed by atoms with Crippen molar-refractivity contribution in [2.24, 2.45) is 11.1 Å². The fourth-order valence-corrected chi connectivity index (χ4v) is 5.03. The number of rotatable bonds is 6. The summed E-state index contributed by atoms with van der Waals surface area (Å²) in [6, 6.07) is 6.33. The molecule has 0 atom stereocenters. The van der Waals surface area contributed by atoms with Crippen LogP contribution in [0.15, 0.2) is 29.2 Å². The van der Waals surface area contributed by atoms with E-state index >= 15 is 0 Å². The van der Waals surface area contributed by atoms with Gasteiger partial charge in [-0.1, -0.05) is 26.7 Å². The van der Waals surface area contributed by atoms with Gasteiger partial charge in [0.05, 0.1) is 10.1 Å². The van der Waals surface area contributed by atoms with E-state index in [1.165, 1.54) is 0 Å². The summed E-state index contributed by atoms with van der Waals surface area (Å²) in [5, 5.41) is -0.271. The van der Waals surface area contributed by atoms with Crippen molar-refractivity contribution >= 4 is 15.7 Å². The standard InChI is InChI=1S/C18H28N2O3S/c1-18(2,12-19)13-20(3)17(21)14-8-10-16(11-9-14)24(22,23)15-6-4-5-7-15/h8-11,15H,4-7,12-13,19H2,1-3H3. The summed E-state index contributed by atoms with van der Waals surface area (Å²) in [4.78, 5) is 14.4. The summed E-state index contributed by atoms with van der Waals surface area (Å²) in [5.74, 6) is -0.124. The van der Waals surface area contributed by atoms with Gasteiger partial charge in [-0.2, -0.15) is 0 Å². The van der Waals surface area contributed by atoms with Crippen LogP contribution >= 0.6 is 0 Å². The third-order valence-electron chi connectivity index (χ3n) is 4.74. The van der Waals surface area contributed by atoms with E-state index in [4.69, 9.17) is 5.73 Å². The van der Waals surface area contributed by atoms with E-state index in [1.54, 1.807) is 36.2 Å². The first-order chi connectivity index (χ1) is 11.2. The third kappa shape index (κ3) is 4.16. The normalized spacial score (nSPS) is 16.3. The quantitative estimate of drug-likeness (QED) is 0.853. The van der Waals surface area contributed by atoms with Gasteiger partial charge in [-0.3, -0.25) is 4.79 Å². The number of nitrogens with two attached hydrogens (primary N) is 1. The van der Waals surface area contributed by atoms with Crippen LogP contribution in [0.1, 0.15) is 49.9 Å². The molecule has 1 amide bonds. The minimum absolute atomic E-state index is 0.124. The van der Waals surface area contributed by atoms with Crippen LogP contribution in [0.2, 0.25) is 0 Å². The molecule has 134 valence electrons. The Morgan fingerprint density at radius 1 is 1.21 bits per heavy atom. The molecule has 0 spiro atoms. The molecule has 1 aliphatic rings. The Labute approximate surface area is 145 Å². The predicted octanol–water partition coefficient (Wildman–Crippen LogP) is 2.46. The maximum absolute atomic E-state index is 12.6. The van der Waals surface area contributed by atoms with E-state index < -0.39 is 9.84 Å². The van der Waals surface area contributed by atoms with E-state index in [0.29, 0.717) is 23.5 Å². The second-order valence-corrected chi connectivity index (χ2v) is 9.73. The molecule has 0 aromatic heterocycles. The highest BCUT2D eigenvalue weighted by Gasteiger charge is 2.30. The largest absolute Gasteiger partial charge is 0.341 e. The average Bonchev–Trinajstić information content (AvgIpc) is 3.09. The Kier molecular flexibility index (Phi) is 5.71. The molecule has 0 heterocycles. The van der Waals surface area contributed by atoms with E-state index in [-0.39, 0.29) is 16.6 Å². The van der Waals surface area contributed by atoms with Gasteiger partial charge in [0.2, 0.25) is 0 Å². The molecule has 1 aromatic carbocycles. The molecule has 1 aromatic rings. The van der Waals surface area contributed by atoms with Crippen molar-refractivity contribution in [3.63, 3.8) is 0 Å². The number of carbonyl (C=O) groups excluding carboxylic acids is 1. The van der Waals surface area contributed by atoms with Gasteiger partial charge >= 0.3 is 0 Å². The molecule has 6 heteroatoms. The van der Waals surface area contributed by atoms with Gasteiger partial charge in [0.15, 0.2) is 9.84 Å². The van der Waals surface area contributed by atoms with Crippen molar-refractivity contribution in [1.29, 1.82) is 0 Å². The van der Waals surface area contributed by atoms with Gasteiger partial charge in [0.25, 0.3) is 5.91 Å². The number of nitrogens with zero attached hydrogens (tertiary/aromatic N) is 1. The number of benzene rings is 1. The van der Waals surface area contributed by atoms with Gasteiger partial charge < -0.3 is 10.6 Å².